The number of para-hydroxylation sites is 1. The molecular weight excluding hydrogens is 264 g/mol. The number of nitrogens with zero attached hydrogens (tertiary/aromatic N) is 3. The number of benzene rings is 1. The summed E-state index contributed by atoms with van der Waals surface area (Å²) in [6.45, 7) is 3.46. The van der Waals surface area contributed by atoms with Gasteiger partial charge in [-0.1, -0.05) is 24.3 Å². The molecule has 1 aromatic carbocycles. The van der Waals surface area contributed by atoms with E-state index in [2.05, 4.69) is 15.4 Å². The molecule has 0 aliphatic heterocycles. The van der Waals surface area contributed by atoms with Crippen LogP contribution in [-0.4, -0.2) is 27.7 Å². The Morgan fingerprint density at radius 2 is 1.95 bits per heavy atom. The van der Waals surface area contributed by atoms with Crippen molar-refractivity contribution in [3.05, 3.63) is 54.2 Å². The number of pyridine rings is 1. The minimum atomic E-state index is 0.656. The van der Waals surface area contributed by atoms with Crippen molar-refractivity contribution in [1.29, 1.82) is 0 Å². The molecule has 2 aromatic heterocycles. The third-order valence-corrected chi connectivity index (χ3v) is 3.17. The Morgan fingerprint density at radius 3 is 2.76 bits per heavy atom. The second-order valence-corrected chi connectivity index (χ2v) is 4.81. The summed E-state index contributed by atoms with van der Waals surface area (Å²) in [5, 5.41) is 7.65. The summed E-state index contributed by atoms with van der Waals surface area (Å²) >= 11 is 0. The predicted octanol–water partition coefficient (Wildman–Crippen LogP) is 2.92. The molecular formula is C16H18N4O. The summed E-state index contributed by atoms with van der Waals surface area (Å²) in [6.07, 6.45) is 0.892. The zero-order valence-electron chi connectivity index (χ0n) is 12.0. The quantitative estimate of drug-likeness (QED) is 0.706. The van der Waals surface area contributed by atoms with Crippen LogP contribution in [0.15, 0.2) is 48.5 Å². The van der Waals surface area contributed by atoms with E-state index in [-0.39, 0.29) is 0 Å². The number of aromatic nitrogens is 3. The summed E-state index contributed by atoms with van der Waals surface area (Å²) in [5.41, 5.74) is 1.93. The molecule has 21 heavy (non-hydrogen) atoms. The fourth-order valence-electron chi connectivity index (χ4n) is 2.09. The molecule has 0 saturated heterocycles. The summed E-state index contributed by atoms with van der Waals surface area (Å²) in [4.78, 5) is 4.43. The fourth-order valence-corrected chi connectivity index (χ4v) is 2.09. The Balaban J connectivity index is 1.47. The molecule has 3 aromatic rings. The summed E-state index contributed by atoms with van der Waals surface area (Å²) in [6, 6.07) is 15.8. The number of hydrogen-bond donors (Lipinski definition) is 1. The zero-order valence-corrected chi connectivity index (χ0v) is 12.0. The van der Waals surface area contributed by atoms with Crippen molar-refractivity contribution in [2.24, 2.45) is 0 Å². The second kappa shape index (κ2) is 6.26. The van der Waals surface area contributed by atoms with Crippen LogP contribution in [0, 0.1) is 6.92 Å². The van der Waals surface area contributed by atoms with E-state index >= 15 is 0 Å². The first-order valence-corrected chi connectivity index (χ1v) is 7.07. The van der Waals surface area contributed by atoms with Gasteiger partial charge >= 0.3 is 0 Å². The lowest BCUT2D eigenvalue weighted by Crippen LogP contribution is -2.08. The molecule has 0 spiro atoms. The number of hydrogen-bond acceptors (Lipinski definition) is 4. The maximum atomic E-state index is 5.64. The molecule has 0 amide bonds. The normalized spacial score (nSPS) is 10.7. The van der Waals surface area contributed by atoms with Crippen LogP contribution in [0.1, 0.15) is 12.1 Å². The van der Waals surface area contributed by atoms with E-state index in [1.54, 1.807) is 0 Å². The van der Waals surface area contributed by atoms with Gasteiger partial charge in [-0.3, -0.25) is 0 Å². The van der Waals surface area contributed by atoms with Gasteiger partial charge in [0.2, 0.25) is 5.95 Å². The molecule has 5 heteroatoms. The van der Waals surface area contributed by atoms with Crippen molar-refractivity contribution in [2.75, 3.05) is 18.5 Å². The SMILES string of the molecule is Cc1cccc2nc(NCCCOc3ccccc3)nn12. The minimum Gasteiger partial charge on any atom is -0.494 e. The molecule has 0 radical (unpaired) electrons. The van der Waals surface area contributed by atoms with Gasteiger partial charge in [0.05, 0.1) is 6.61 Å². The minimum absolute atomic E-state index is 0.656. The summed E-state index contributed by atoms with van der Waals surface area (Å²) < 4.78 is 7.47. The van der Waals surface area contributed by atoms with Crippen molar-refractivity contribution in [3.8, 4) is 5.75 Å². The van der Waals surface area contributed by atoms with Crippen molar-refractivity contribution in [3.63, 3.8) is 0 Å². The average Bonchev–Trinajstić information content (AvgIpc) is 2.92. The van der Waals surface area contributed by atoms with Crippen LogP contribution in [-0.2, 0) is 0 Å². The lowest BCUT2D eigenvalue weighted by molar-refractivity contribution is 0.315. The van der Waals surface area contributed by atoms with E-state index in [9.17, 15) is 0 Å². The largest absolute Gasteiger partial charge is 0.494 e. The van der Waals surface area contributed by atoms with Gasteiger partial charge in [0.1, 0.15) is 5.75 Å². The van der Waals surface area contributed by atoms with Gasteiger partial charge in [0.15, 0.2) is 5.65 Å². The Kier molecular flexibility index (Phi) is 4.00. The molecule has 2 heterocycles. The number of rotatable bonds is 6. The third-order valence-electron chi connectivity index (χ3n) is 3.17. The highest BCUT2D eigenvalue weighted by Crippen LogP contribution is 2.09. The van der Waals surface area contributed by atoms with Crippen molar-refractivity contribution in [2.45, 2.75) is 13.3 Å². The number of anilines is 1. The summed E-state index contributed by atoms with van der Waals surface area (Å²) in [7, 11) is 0. The zero-order chi connectivity index (χ0) is 14.5. The van der Waals surface area contributed by atoms with E-state index in [4.69, 9.17) is 4.74 Å². The molecule has 3 rings (SSSR count). The van der Waals surface area contributed by atoms with Gasteiger partial charge in [0.25, 0.3) is 0 Å². The Bertz CT molecular complexity index is 709. The molecule has 0 atom stereocenters. The first kappa shape index (κ1) is 13.4. The van der Waals surface area contributed by atoms with Crippen LogP contribution >= 0.6 is 0 Å². The van der Waals surface area contributed by atoms with Gasteiger partial charge in [0, 0.05) is 12.2 Å². The Morgan fingerprint density at radius 1 is 1.10 bits per heavy atom. The molecule has 0 aliphatic rings. The van der Waals surface area contributed by atoms with Crippen molar-refractivity contribution >= 4 is 11.6 Å². The van der Waals surface area contributed by atoms with Gasteiger partial charge in [-0.15, -0.1) is 5.10 Å². The van der Waals surface area contributed by atoms with E-state index in [0.717, 1.165) is 30.1 Å². The van der Waals surface area contributed by atoms with Crippen LogP contribution < -0.4 is 10.1 Å². The highest BCUT2D eigenvalue weighted by molar-refractivity contribution is 5.44. The molecule has 108 valence electrons. The third kappa shape index (κ3) is 3.31. The molecule has 5 nitrogen and oxygen atoms in total. The topological polar surface area (TPSA) is 51.5 Å². The van der Waals surface area contributed by atoms with Crippen LogP contribution in [0.3, 0.4) is 0 Å². The van der Waals surface area contributed by atoms with E-state index < -0.39 is 0 Å². The number of aryl methyl sites for hydroxylation is 1. The van der Waals surface area contributed by atoms with Gasteiger partial charge < -0.3 is 10.1 Å². The van der Waals surface area contributed by atoms with Gasteiger partial charge in [-0.2, -0.15) is 4.98 Å². The number of ether oxygens (including phenoxy) is 1. The molecule has 0 saturated carbocycles. The van der Waals surface area contributed by atoms with Crippen LogP contribution in [0.4, 0.5) is 5.95 Å². The lowest BCUT2D eigenvalue weighted by atomic mass is 10.3. The van der Waals surface area contributed by atoms with Crippen molar-refractivity contribution in [1.82, 2.24) is 14.6 Å². The number of nitrogens with one attached hydrogen (secondary N) is 1. The Labute approximate surface area is 123 Å². The maximum absolute atomic E-state index is 5.64. The van der Waals surface area contributed by atoms with Crippen LogP contribution in [0.2, 0.25) is 0 Å². The first-order valence-electron chi connectivity index (χ1n) is 7.07. The van der Waals surface area contributed by atoms with E-state index in [1.807, 2.05) is 60.0 Å². The standard InChI is InChI=1S/C16H18N4O/c1-13-7-5-10-15-18-16(19-20(13)15)17-11-6-12-21-14-8-3-2-4-9-14/h2-5,7-10H,6,11-12H2,1H3,(H,17,19). The highest BCUT2D eigenvalue weighted by atomic mass is 16.5. The monoisotopic (exact) mass is 282 g/mol. The average molecular weight is 282 g/mol. The second-order valence-electron chi connectivity index (χ2n) is 4.81. The van der Waals surface area contributed by atoms with Gasteiger partial charge in [-0.25, -0.2) is 4.52 Å². The summed E-state index contributed by atoms with van der Waals surface area (Å²) in [5.74, 6) is 1.56. The van der Waals surface area contributed by atoms with Crippen LogP contribution in [0.25, 0.3) is 5.65 Å². The molecule has 0 unspecified atom stereocenters. The number of fused-ring (bicyclic) bond motifs is 1. The highest BCUT2D eigenvalue weighted by Gasteiger charge is 2.03. The lowest BCUT2D eigenvalue weighted by Gasteiger charge is -2.05. The molecule has 0 bridgehead atoms. The van der Waals surface area contributed by atoms with E-state index in [1.165, 1.54) is 0 Å². The predicted molar refractivity (Wildman–Crippen MR) is 82.8 cm³/mol. The maximum Gasteiger partial charge on any atom is 0.243 e. The molecule has 0 fully saturated rings. The van der Waals surface area contributed by atoms with Crippen LogP contribution in [0.5, 0.6) is 5.75 Å². The first-order chi connectivity index (χ1) is 10.3. The smallest absolute Gasteiger partial charge is 0.243 e. The van der Waals surface area contributed by atoms with Crippen molar-refractivity contribution < 1.29 is 4.74 Å². The van der Waals surface area contributed by atoms with Gasteiger partial charge in [-0.05, 0) is 37.6 Å². The Hall–Kier alpha value is -2.56. The fraction of sp³-hybridized carbons (Fsp3) is 0.250. The van der Waals surface area contributed by atoms with E-state index in [0.29, 0.717) is 12.6 Å². The molecule has 0 aliphatic carbocycles. The molecule has 1 N–H and O–H groups in total.